The number of hydrogen-bond acceptors (Lipinski definition) is 1. The van der Waals surface area contributed by atoms with Gasteiger partial charge >= 0.3 is 0 Å². The van der Waals surface area contributed by atoms with Gasteiger partial charge in [0.2, 0.25) is 5.91 Å². The van der Waals surface area contributed by atoms with Crippen molar-refractivity contribution < 1.29 is 4.79 Å². The first kappa shape index (κ1) is 13.8. The van der Waals surface area contributed by atoms with Crippen LogP contribution in [0.25, 0.3) is 0 Å². The van der Waals surface area contributed by atoms with E-state index in [9.17, 15) is 4.79 Å². The van der Waals surface area contributed by atoms with Gasteiger partial charge in [-0.25, -0.2) is 0 Å². The van der Waals surface area contributed by atoms with E-state index in [1.807, 2.05) is 6.92 Å². The molecule has 0 spiro atoms. The van der Waals surface area contributed by atoms with Gasteiger partial charge in [0, 0.05) is 7.05 Å². The van der Waals surface area contributed by atoms with Gasteiger partial charge in [0.05, 0.1) is 20.6 Å². The summed E-state index contributed by atoms with van der Waals surface area (Å²) in [6.07, 6.45) is 0.724. The molecule has 0 N–H and O–H groups in total. The van der Waals surface area contributed by atoms with E-state index in [2.05, 4.69) is 15.9 Å². The van der Waals surface area contributed by atoms with E-state index in [1.54, 1.807) is 25.2 Å². The van der Waals surface area contributed by atoms with Crippen molar-refractivity contribution in [2.24, 2.45) is 0 Å². The van der Waals surface area contributed by atoms with Gasteiger partial charge in [-0.2, -0.15) is 0 Å². The lowest BCUT2D eigenvalue weighted by atomic mass is 10.2. The minimum Gasteiger partial charge on any atom is -0.313 e. The standard InChI is InChI=1S/C11H12BrCl2NO/c1-3-7(12)11(16)15(2)9-6-4-5-8(13)10(9)14/h4-7H,3H2,1-2H3/t7-/m1/s1. The third-order valence-corrected chi connectivity index (χ3v) is 4.10. The number of carbonyl (C=O) groups is 1. The maximum Gasteiger partial charge on any atom is 0.240 e. The topological polar surface area (TPSA) is 20.3 Å². The molecule has 0 aliphatic heterocycles. The third kappa shape index (κ3) is 2.90. The summed E-state index contributed by atoms with van der Waals surface area (Å²) in [5.41, 5.74) is 0.622. The predicted molar refractivity (Wildman–Crippen MR) is 72.9 cm³/mol. The van der Waals surface area contributed by atoms with Crippen LogP contribution in [0.2, 0.25) is 10.0 Å². The number of alkyl halides is 1. The fourth-order valence-electron chi connectivity index (χ4n) is 1.25. The number of benzene rings is 1. The molecule has 0 aromatic heterocycles. The summed E-state index contributed by atoms with van der Waals surface area (Å²) in [4.78, 5) is 13.2. The zero-order valence-corrected chi connectivity index (χ0v) is 12.1. The summed E-state index contributed by atoms with van der Waals surface area (Å²) < 4.78 is 0. The van der Waals surface area contributed by atoms with Crippen LogP contribution in [0, 0.1) is 0 Å². The molecular weight excluding hydrogens is 313 g/mol. The first-order chi connectivity index (χ1) is 7.49. The van der Waals surface area contributed by atoms with E-state index in [0.29, 0.717) is 15.7 Å². The Labute approximate surface area is 114 Å². The summed E-state index contributed by atoms with van der Waals surface area (Å²) >= 11 is 15.2. The molecule has 0 radical (unpaired) electrons. The Kier molecular flexibility index (Phi) is 5.09. The van der Waals surface area contributed by atoms with Gasteiger partial charge in [0.15, 0.2) is 0 Å². The molecule has 2 nitrogen and oxygen atoms in total. The highest BCUT2D eigenvalue weighted by Gasteiger charge is 2.20. The van der Waals surface area contributed by atoms with Gasteiger partial charge in [0.1, 0.15) is 0 Å². The van der Waals surface area contributed by atoms with E-state index in [4.69, 9.17) is 23.2 Å². The Morgan fingerprint density at radius 3 is 2.69 bits per heavy atom. The molecule has 16 heavy (non-hydrogen) atoms. The van der Waals surface area contributed by atoms with Crippen LogP contribution in [0.5, 0.6) is 0 Å². The molecule has 1 aromatic rings. The SMILES string of the molecule is CC[C@@H](Br)C(=O)N(C)c1cccc(Cl)c1Cl. The second-order valence-corrected chi connectivity index (χ2v) is 5.24. The van der Waals surface area contributed by atoms with Gasteiger partial charge in [-0.15, -0.1) is 0 Å². The third-order valence-electron chi connectivity index (χ3n) is 2.25. The monoisotopic (exact) mass is 323 g/mol. The van der Waals surface area contributed by atoms with Crippen molar-refractivity contribution in [1.29, 1.82) is 0 Å². The number of nitrogens with zero attached hydrogens (tertiary/aromatic N) is 1. The molecule has 1 atom stereocenters. The van der Waals surface area contributed by atoms with Crippen LogP contribution < -0.4 is 4.90 Å². The lowest BCUT2D eigenvalue weighted by Crippen LogP contribution is -2.33. The highest BCUT2D eigenvalue weighted by Crippen LogP contribution is 2.32. The van der Waals surface area contributed by atoms with Gasteiger partial charge < -0.3 is 4.90 Å². The molecule has 0 aliphatic rings. The van der Waals surface area contributed by atoms with Crippen LogP contribution in [0.1, 0.15) is 13.3 Å². The molecule has 88 valence electrons. The van der Waals surface area contributed by atoms with E-state index in [1.165, 1.54) is 4.90 Å². The van der Waals surface area contributed by atoms with Crippen molar-refractivity contribution in [3.8, 4) is 0 Å². The quantitative estimate of drug-likeness (QED) is 0.765. The van der Waals surface area contributed by atoms with E-state index < -0.39 is 0 Å². The van der Waals surface area contributed by atoms with Crippen LogP contribution in [-0.2, 0) is 4.79 Å². The smallest absolute Gasteiger partial charge is 0.240 e. The molecule has 1 rings (SSSR count). The summed E-state index contributed by atoms with van der Waals surface area (Å²) in [7, 11) is 1.68. The number of carbonyl (C=O) groups excluding carboxylic acids is 1. The fourth-order valence-corrected chi connectivity index (χ4v) is 1.98. The Morgan fingerprint density at radius 2 is 2.12 bits per heavy atom. The Balaban J connectivity index is 3.01. The van der Waals surface area contributed by atoms with Crippen LogP contribution in [0.3, 0.4) is 0 Å². The number of rotatable bonds is 3. The van der Waals surface area contributed by atoms with Gasteiger partial charge in [0.25, 0.3) is 0 Å². The molecule has 0 saturated heterocycles. The molecule has 0 aliphatic carbocycles. The Hall–Kier alpha value is -0.250. The van der Waals surface area contributed by atoms with Crippen molar-refractivity contribution in [1.82, 2.24) is 0 Å². The number of amides is 1. The molecule has 0 heterocycles. The summed E-state index contributed by atoms with van der Waals surface area (Å²) in [6, 6.07) is 5.22. The predicted octanol–water partition coefficient (Wildman–Crippen LogP) is 4.13. The Morgan fingerprint density at radius 1 is 1.50 bits per heavy atom. The minimum atomic E-state index is -0.201. The first-order valence-electron chi connectivity index (χ1n) is 4.84. The average molecular weight is 325 g/mol. The lowest BCUT2D eigenvalue weighted by Gasteiger charge is -2.21. The van der Waals surface area contributed by atoms with Crippen LogP contribution in [-0.4, -0.2) is 17.8 Å². The zero-order chi connectivity index (χ0) is 12.3. The minimum absolute atomic E-state index is 0.0355. The molecule has 0 bridgehead atoms. The zero-order valence-electron chi connectivity index (χ0n) is 9.01. The van der Waals surface area contributed by atoms with E-state index in [0.717, 1.165) is 6.42 Å². The van der Waals surface area contributed by atoms with Crippen molar-refractivity contribution in [2.45, 2.75) is 18.2 Å². The van der Waals surface area contributed by atoms with Crippen molar-refractivity contribution >= 4 is 50.7 Å². The average Bonchev–Trinajstić information content (AvgIpc) is 2.29. The van der Waals surface area contributed by atoms with Crippen LogP contribution in [0.15, 0.2) is 18.2 Å². The molecule has 5 heteroatoms. The second-order valence-electron chi connectivity index (χ2n) is 3.35. The van der Waals surface area contributed by atoms with E-state index in [-0.39, 0.29) is 10.7 Å². The number of anilines is 1. The summed E-state index contributed by atoms with van der Waals surface area (Å²) in [5.74, 6) is -0.0355. The molecular formula is C11H12BrCl2NO. The summed E-state index contributed by atoms with van der Waals surface area (Å²) in [6.45, 7) is 1.94. The number of hydrogen-bond donors (Lipinski definition) is 0. The van der Waals surface area contributed by atoms with Crippen molar-refractivity contribution in [3.05, 3.63) is 28.2 Å². The normalized spacial score (nSPS) is 12.3. The van der Waals surface area contributed by atoms with Crippen molar-refractivity contribution in [3.63, 3.8) is 0 Å². The highest BCUT2D eigenvalue weighted by atomic mass is 79.9. The van der Waals surface area contributed by atoms with Gasteiger partial charge in [-0.1, -0.05) is 52.1 Å². The lowest BCUT2D eigenvalue weighted by molar-refractivity contribution is -0.117. The molecule has 1 aromatic carbocycles. The van der Waals surface area contributed by atoms with Crippen LogP contribution >= 0.6 is 39.1 Å². The van der Waals surface area contributed by atoms with Gasteiger partial charge in [-0.3, -0.25) is 4.79 Å². The number of halogens is 3. The first-order valence-corrected chi connectivity index (χ1v) is 6.51. The molecule has 1 amide bonds. The fraction of sp³-hybridized carbons (Fsp3) is 0.364. The maximum atomic E-state index is 11.9. The van der Waals surface area contributed by atoms with Crippen molar-refractivity contribution in [2.75, 3.05) is 11.9 Å². The molecule has 0 fully saturated rings. The highest BCUT2D eigenvalue weighted by molar-refractivity contribution is 9.10. The largest absolute Gasteiger partial charge is 0.313 e. The maximum absolute atomic E-state index is 11.9. The van der Waals surface area contributed by atoms with Crippen LogP contribution in [0.4, 0.5) is 5.69 Å². The molecule has 0 saturated carbocycles. The molecule has 0 unspecified atom stereocenters. The van der Waals surface area contributed by atoms with Gasteiger partial charge in [-0.05, 0) is 18.6 Å². The second kappa shape index (κ2) is 5.89. The van der Waals surface area contributed by atoms with E-state index >= 15 is 0 Å². The summed E-state index contributed by atoms with van der Waals surface area (Å²) in [5, 5.41) is 0.845. The Bertz CT molecular complexity index is 398.